The predicted molar refractivity (Wildman–Crippen MR) is 80.5 cm³/mol. The third-order valence-electron chi connectivity index (χ3n) is 3.35. The highest BCUT2D eigenvalue weighted by molar-refractivity contribution is 5.96. The Hall–Kier alpha value is -1.89. The van der Waals surface area contributed by atoms with Crippen molar-refractivity contribution in [2.24, 2.45) is 0 Å². The monoisotopic (exact) mass is 252 g/mol. The number of aryl methyl sites for hydroxylation is 1. The number of hydrogen-bond acceptors (Lipinski definition) is 1. The number of carbonyl (C=O) groups is 1. The van der Waals surface area contributed by atoms with E-state index in [4.69, 9.17) is 0 Å². The van der Waals surface area contributed by atoms with Gasteiger partial charge in [-0.25, -0.2) is 0 Å². The number of unbranched alkanes of at least 4 members (excludes halogenated alkanes) is 1. The minimum absolute atomic E-state index is 0.248. The summed E-state index contributed by atoms with van der Waals surface area (Å²) in [5.41, 5.74) is 4.43. The van der Waals surface area contributed by atoms with Gasteiger partial charge >= 0.3 is 0 Å². The van der Waals surface area contributed by atoms with Crippen LogP contribution in [0.3, 0.4) is 0 Å². The van der Waals surface area contributed by atoms with E-state index in [9.17, 15) is 4.79 Å². The van der Waals surface area contributed by atoms with Crippen LogP contribution in [0, 0.1) is 6.92 Å². The third-order valence-corrected chi connectivity index (χ3v) is 3.35. The number of ketones is 1. The molecule has 0 radical (unpaired) electrons. The molecule has 0 aliphatic heterocycles. The van der Waals surface area contributed by atoms with Crippen LogP contribution in [0.4, 0.5) is 0 Å². The zero-order valence-corrected chi connectivity index (χ0v) is 11.6. The average Bonchev–Trinajstić information content (AvgIpc) is 2.46. The van der Waals surface area contributed by atoms with Gasteiger partial charge in [0.25, 0.3) is 0 Å². The zero-order chi connectivity index (χ0) is 13.7. The summed E-state index contributed by atoms with van der Waals surface area (Å²) >= 11 is 0. The fourth-order valence-electron chi connectivity index (χ4n) is 2.08. The van der Waals surface area contributed by atoms with Crippen LogP contribution < -0.4 is 0 Å². The van der Waals surface area contributed by atoms with E-state index in [2.05, 4.69) is 38.1 Å². The number of benzene rings is 2. The molecule has 0 aliphatic rings. The maximum atomic E-state index is 11.9. The van der Waals surface area contributed by atoms with Crippen molar-refractivity contribution in [3.63, 3.8) is 0 Å². The first-order valence-corrected chi connectivity index (χ1v) is 6.91. The lowest BCUT2D eigenvalue weighted by molar-refractivity contribution is 0.0980. The lowest BCUT2D eigenvalue weighted by Gasteiger charge is -2.04. The first-order chi connectivity index (χ1) is 9.20. The highest BCUT2D eigenvalue weighted by Gasteiger charge is 2.05. The Labute approximate surface area is 115 Å². The van der Waals surface area contributed by atoms with Crippen LogP contribution in [-0.2, 0) is 0 Å². The fraction of sp³-hybridized carbons (Fsp3) is 0.278. The van der Waals surface area contributed by atoms with Crippen LogP contribution >= 0.6 is 0 Å². The quantitative estimate of drug-likeness (QED) is 0.682. The standard InChI is InChI=1S/C18H20O/c1-3-4-5-18(19)17-12-10-16(11-13-17)15-8-6-14(2)7-9-15/h6-13H,3-5H2,1-2H3. The Morgan fingerprint density at radius 3 is 1.95 bits per heavy atom. The van der Waals surface area contributed by atoms with Gasteiger partial charge < -0.3 is 0 Å². The first-order valence-electron chi connectivity index (χ1n) is 6.91. The number of rotatable bonds is 5. The maximum absolute atomic E-state index is 11.9. The van der Waals surface area contributed by atoms with Gasteiger partial charge in [0.05, 0.1) is 0 Å². The summed E-state index contributed by atoms with van der Waals surface area (Å²) in [5.74, 6) is 0.248. The molecule has 98 valence electrons. The summed E-state index contributed by atoms with van der Waals surface area (Å²) in [7, 11) is 0. The zero-order valence-electron chi connectivity index (χ0n) is 11.6. The maximum Gasteiger partial charge on any atom is 0.162 e. The molecule has 0 bridgehead atoms. The molecule has 0 spiro atoms. The molecule has 1 nitrogen and oxygen atoms in total. The van der Waals surface area contributed by atoms with Gasteiger partial charge in [-0.05, 0) is 24.5 Å². The smallest absolute Gasteiger partial charge is 0.162 e. The van der Waals surface area contributed by atoms with Crippen molar-refractivity contribution in [3.05, 3.63) is 59.7 Å². The minimum atomic E-state index is 0.248. The third kappa shape index (κ3) is 3.54. The molecular weight excluding hydrogens is 232 g/mol. The highest BCUT2D eigenvalue weighted by atomic mass is 16.1. The molecule has 2 aromatic carbocycles. The second-order valence-corrected chi connectivity index (χ2v) is 4.97. The molecule has 2 rings (SSSR count). The lowest BCUT2D eigenvalue weighted by Crippen LogP contribution is -1.98. The molecule has 0 aromatic heterocycles. The molecule has 1 heteroatoms. The summed E-state index contributed by atoms with van der Waals surface area (Å²) in [6.07, 6.45) is 2.69. The van der Waals surface area contributed by atoms with E-state index in [-0.39, 0.29) is 5.78 Å². The van der Waals surface area contributed by atoms with Crippen molar-refractivity contribution in [2.45, 2.75) is 33.1 Å². The summed E-state index contributed by atoms with van der Waals surface area (Å²) in [6, 6.07) is 16.4. The van der Waals surface area contributed by atoms with Gasteiger partial charge in [0.2, 0.25) is 0 Å². The Kier molecular flexibility index (Phi) is 4.51. The van der Waals surface area contributed by atoms with Crippen molar-refractivity contribution in [3.8, 4) is 11.1 Å². The topological polar surface area (TPSA) is 17.1 Å². The molecule has 2 aromatic rings. The van der Waals surface area contributed by atoms with Gasteiger partial charge in [-0.1, -0.05) is 67.4 Å². The Bertz CT molecular complexity index is 535. The molecule has 0 unspecified atom stereocenters. The van der Waals surface area contributed by atoms with Crippen molar-refractivity contribution in [1.82, 2.24) is 0 Å². The predicted octanol–water partition coefficient (Wildman–Crippen LogP) is 5.03. The van der Waals surface area contributed by atoms with Crippen molar-refractivity contribution < 1.29 is 4.79 Å². The van der Waals surface area contributed by atoms with Gasteiger partial charge in [0.1, 0.15) is 0 Å². The molecule has 0 amide bonds. The fourth-order valence-corrected chi connectivity index (χ4v) is 2.08. The normalized spacial score (nSPS) is 10.4. The summed E-state index contributed by atoms with van der Waals surface area (Å²) in [4.78, 5) is 11.9. The molecule has 0 heterocycles. The summed E-state index contributed by atoms with van der Waals surface area (Å²) in [6.45, 7) is 4.19. The molecule has 0 N–H and O–H groups in total. The minimum Gasteiger partial charge on any atom is -0.294 e. The van der Waals surface area contributed by atoms with E-state index in [1.165, 1.54) is 11.1 Å². The second-order valence-electron chi connectivity index (χ2n) is 4.97. The lowest BCUT2D eigenvalue weighted by atomic mass is 10.00. The van der Waals surface area contributed by atoms with Crippen LogP contribution in [0.1, 0.15) is 42.1 Å². The molecular formula is C18H20O. The largest absolute Gasteiger partial charge is 0.294 e. The number of hydrogen-bond donors (Lipinski definition) is 0. The van der Waals surface area contributed by atoms with Crippen LogP contribution in [0.25, 0.3) is 11.1 Å². The van der Waals surface area contributed by atoms with Crippen molar-refractivity contribution in [1.29, 1.82) is 0 Å². The van der Waals surface area contributed by atoms with Gasteiger partial charge in [-0.15, -0.1) is 0 Å². The van der Waals surface area contributed by atoms with Gasteiger partial charge in [0.15, 0.2) is 5.78 Å². The van der Waals surface area contributed by atoms with Crippen LogP contribution in [0.2, 0.25) is 0 Å². The van der Waals surface area contributed by atoms with Gasteiger partial charge in [-0.2, -0.15) is 0 Å². The first kappa shape index (κ1) is 13.5. The average molecular weight is 252 g/mol. The van der Waals surface area contributed by atoms with Gasteiger partial charge in [0, 0.05) is 12.0 Å². The molecule has 19 heavy (non-hydrogen) atoms. The Morgan fingerprint density at radius 2 is 1.42 bits per heavy atom. The van der Waals surface area contributed by atoms with Crippen LogP contribution in [0.5, 0.6) is 0 Å². The summed E-state index contributed by atoms with van der Waals surface area (Å²) in [5, 5.41) is 0. The van der Waals surface area contributed by atoms with Crippen molar-refractivity contribution in [2.75, 3.05) is 0 Å². The number of carbonyl (C=O) groups excluding carboxylic acids is 1. The highest BCUT2D eigenvalue weighted by Crippen LogP contribution is 2.20. The van der Waals surface area contributed by atoms with E-state index < -0.39 is 0 Å². The molecule has 0 fully saturated rings. The SMILES string of the molecule is CCCCC(=O)c1ccc(-c2ccc(C)cc2)cc1. The number of Topliss-reactive ketones (excluding diaryl/α,β-unsaturated/α-hetero) is 1. The van der Waals surface area contributed by atoms with E-state index in [0.717, 1.165) is 24.0 Å². The van der Waals surface area contributed by atoms with Crippen LogP contribution in [-0.4, -0.2) is 5.78 Å². The van der Waals surface area contributed by atoms with Crippen molar-refractivity contribution >= 4 is 5.78 Å². The van der Waals surface area contributed by atoms with Gasteiger partial charge in [-0.3, -0.25) is 4.79 Å². The Morgan fingerprint density at radius 1 is 0.895 bits per heavy atom. The van der Waals surface area contributed by atoms with Crippen LogP contribution in [0.15, 0.2) is 48.5 Å². The Balaban J connectivity index is 2.14. The van der Waals surface area contributed by atoms with E-state index in [0.29, 0.717) is 6.42 Å². The molecule has 0 atom stereocenters. The molecule has 0 aliphatic carbocycles. The second kappa shape index (κ2) is 6.33. The molecule has 0 saturated carbocycles. The summed E-state index contributed by atoms with van der Waals surface area (Å²) < 4.78 is 0. The van der Waals surface area contributed by atoms with E-state index in [1.807, 2.05) is 24.3 Å². The van der Waals surface area contributed by atoms with E-state index in [1.54, 1.807) is 0 Å². The molecule has 0 saturated heterocycles. The van der Waals surface area contributed by atoms with E-state index >= 15 is 0 Å².